The van der Waals surface area contributed by atoms with Crippen LogP contribution in [0.15, 0.2) is 29.1 Å². The topological polar surface area (TPSA) is 17.3 Å². The van der Waals surface area contributed by atoms with Gasteiger partial charge < -0.3 is 4.40 Å². The molecule has 0 saturated heterocycles. The average Bonchev–Trinajstić information content (AvgIpc) is 2.27. The number of pyridine rings is 1. The lowest BCUT2D eigenvalue weighted by molar-refractivity contribution is 1.19. The molecule has 4 heteroatoms. The molecule has 0 bridgehead atoms. The van der Waals surface area contributed by atoms with Gasteiger partial charge in [-0.3, -0.25) is 0 Å². The summed E-state index contributed by atoms with van der Waals surface area (Å²) in [7, 11) is 0. The van der Waals surface area contributed by atoms with E-state index < -0.39 is 0 Å². The SMILES string of the molecule is Clc1ccc2nc(Br)cn2c1. The molecule has 0 fully saturated rings. The summed E-state index contributed by atoms with van der Waals surface area (Å²) in [6.07, 6.45) is 3.68. The fraction of sp³-hybridized carbons (Fsp3) is 0. The number of imidazole rings is 1. The molecular formula is C7H4BrClN2. The second-order valence-electron chi connectivity index (χ2n) is 2.18. The Morgan fingerprint density at radius 1 is 1.36 bits per heavy atom. The van der Waals surface area contributed by atoms with E-state index in [0.717, 1.165) is 10.3 Å². The van der Waals surface area contributed by atoms with E-state index in [1.54, 1.807) is 0 Å². The minimum absolute atomic E-state index is 0.711. The summed E-state index contributed by atoms with van der Waals surface area (Å²) >= 11 is 9.04. The van der Waals surface area contributed by atoms with Crippen LogP contribution in [0.3, 0.4) is 0 Å². The Labute approximate surface area is 76.9 Å². The number of hydrogen-bond acceptors (Lipinski definition) is 1. The van der Waals surface area contributed by atoms with Gasteiger partial charge in [0.1, 0.15) is 10.3 Å². The van der Waals surface area contributed by atoms with E-state index in [1.165, 1.54) is 0 Å². The van der Waals surface area contributed by atoms with E-state index in [-0.39, 0.29) is 0 Å². The molecule has 56 valence electrons. The van der Waals surface area contributed by atoms with Crippen LogP contribution in [0.2, 0.25) is 5.02 Å². The summed E-state index contributed by atoms with van der Waals surface area (Å²) in [4.78, 5) is 4.18. The second-order valence-corrected chi connectivity index (χ2v) is 3.43. The van der Waals surface area contributed by atoms with Crippen LogP contribution < -0.4 is 0 Å². The zero-order chi connectivity index (χ0) is 7.84. The van der Waals surface area contributed by atoms with Gasteiger partial charge in [-0.2, -0.15) is 0 Å². The van der Waals surface area contributed by atoms with Crippen molar-refractivity contribution < 1.29 is 0 Å². The first-order valence-electron chi connectivity index (χ1n) is 3.05. The molecule has 0 radical (unpaired) electrons. The van der Waals surface area contributed by atoms with Crippen molar-refractivity contribution in [1.82, 2.24) is 9.38 Å². The molecule has 0 spiro atoms. The first-order chi connectivity index (χ1) is 5.25. The van der Waals surface area contributed by atoms with E-state index in [9.17, 15) is 0 Å². The maximum Gasteiger partial charge on any atom is 0.138 e. The Kier molecular flexibility index (Phi) is 1.62. The third kappa shape index (κ3) is 1.26. The van der Waals surface area contributed by atoms with E-state index in [1.807, 2.05) is 28.9 Å². The van der Waals surface area contributed by atoms with Crippen LogP contribution in [0.1, 0.15) is 0 Å². The Morgan fingerprint density at radius 2 is 2.18 bits per heavy atom. The van der Waals surface area contributed by atoms with Crippen molar-refractivity contribution >= 4 is 33.2 Å². The number of aromatic nitrogens is 2. The number of rotatable bonds is 0. The van der Waals surface area contributed by atoms with Crippen LogP contribution in [0.4, 0.5) is 0 Å². The first-order valence-corrected chi connectivity index (χ1v) is 4.22. The standard InChI is InChI=1S/C7H4BrClN2/c8-6-4-11-3-5(9)1-2-7(11)10-6/h1-4H. The van der Waals surface area contributed by atoms with Crippen molar-refractivity contribution in [1.29, 1.82) is 0 Å². The van der Waals surface area contributed by atoms with Crippen molar-refractivity contribution in [3.63, 3.8) is 0 Å². The predicted molar refractivity (Wildman–Crippen MR) is 47.9 cm³/mol. The molecule has 0 saturated carbocycles. The average molecular weight is 231 g/mol. The van der Waals surface area contributed by atoms with Crippen molar-refractivity contribution in [3.8, 4) is 0 Å². The number of hydrogen-bond donors (Lipinski definition) is 0. The third-order valence-electron chi connectivity index (χ3n) is 1.39. The van der Waals surface area contributed by atoms with E-state index in [4.69, 9.17) is 11.6 Å². The summed E-state index contributed by atoms with van der Waals surface area (Å²) < 4.78 is 2.69. The summed E-state index contributed by atoms with van der Waals surface area (Å²) in [6, 6.07) is 3.68. The Bertz CT molecular complexity index is 396. The quantitative estimate of drug-likeness (QED) is 0.681. The second kappa shape index (κ2) is 2.50. The summed E-state index contributed by atoms with van der Waals surface area (Å²) in [6.45, 7) is 0. The van der Waals surface area contributed by atoms with E-state index >= 15 is 0 Å². The molecule has 0 aliphatic heterocycles. The predicted octanol–water partition coefficient (Wildman–Crippen LogP) is 2.75. The largest absolute Gasteiger partial charge is 0.304 e. The smallest absolute Gasteiger partial charge is 0.138 e. The molecular weight excluding hydrogens is 227 g/mol. The highest BCUT2D eigenvalue weighted by molar-refractivity contribution is 9.10. The van der Waals surface area contributed by atoms with Gasteiger partial charge >= 0.3 is 0 Å². The van der Waals surface area contributed by atoms with Crippen LogP contribution in [-0.2, 0) is 0 Å². The normalized spacial score (nSPS) is 10.7. The highest BCUT2D eigenvalue weighted by atomic mass is 79.9. The Balaban J connectivity index is 2.82. The fourth-order valence-corrected chi connectivity index (χ4v) is 1.50. The van der Waals surface area contributed by atoms with Crippen LogP contribution in [0, 0.1) is 0 Å². The molecule has 2 aromatic heterocycles. The fourth-order valence-electron chi connectivity index (χ4n) is 0.934. The number of nitrogens with zero attached hydrogens (tertiary/aromatic N) is 2. The zero-order valence-corrected chi connectivity index (χ0v) is 7.80. The third-order valence-corrected chi connectivity index (χ3v) is 1.99. The molecule has 2 nitrogen and oxygen atoms in total. The van der Waals surface area contributed by atoms with Crippen molar-refractivity contribution in [2.24, 2.45) is 0 Å². The molecule has 0 aliphatic carbocycles. The lowest BCUT2D eigenvalue weighted by atomic mass is 10.5. The van der Waals surface area contributed by atoms with Gasteiger partial charge in [-0.1, -0.05) is 11.6 Å². The van der Waals surface area contributed by atoms with Crippen molar-refractivity contribution in [2.45, 2.75) is 0 Å². The van der Waals surface area contributed by atoms with Crippen LogP contribution in [-0.4, -0.2) is 9.38 Å². The minimum Gasteiger partial charge on any atom is -0.304 e. The molecule has 2 rings (SSSR count). The molecule has 0 N–H and O–H groups in total. The highest BCUT2D eigenvalue weighted by Gasteiger charge is 1.97. The van der Waals surface area contributed by atoms with Gasteiger partial charge in [-0.05, 0) is 28.1 Å². The van der Waals surface area contributed by atoms with Gasteiger partial charge in [-0.25, -0.2) is 4.98 Å². The molecule has 0 atom stereocenters. The molecule has 2 heterocycles. The first kappa shape index (κ1) is 7.13. The molecule has 0 aliphatic rings. The highest BCUT2D eigenvalue weighted by Crippen LogP contribution is 2.14. The van der Waals surface area contributed by atoms with Gasteiger partial charge in [0.25, 0.3) is 0 Å². The van der Waals surface area contributed by atoms with Crippen LogP contribution in [0.5, 0.6) is 0 Å². The summed E-state index contributed by atoms with van der Waals surface area (Å²) in [5, 5.41) is 0.711. The molecule has 11 heavy (non-hydrogen) atoms. The Morgan fingerprint density at radius 3 is 3.00 bits per heavy atom. The summed E-state index contributed by atoms with van der Waals surface area (Å²) in [5.41, 5.74) is 0.890. The van der Waals surface area contributed by atoms with Gasteiger partial charge in [0, 0.05) is 12.4 Å². The zero-order valence-electron chi connectivity index (χ0n) is 5.46. The van der Waals surface area contributed by atoms with Gasteiger partial charge in [0.2, 0.25) is 0 Å². The van der Waals surface area contributed by atoms with E-state index in [2.05, 4.69) is 20.9 Å². The van der Waals surface area contributed by atoms with Gasteiger partial charge in [-0.15, -0.1) is 0 Å². The molecule has 0 amide bonds. The Hall–Kier alpha value is -0.540. The van der Waals surface area contributed by atoms with Crippen LogP contribution >= 0.6 is 27.5 Å². The summed E-state index contributed by atoms with van der Waals surface area (Å²) in [5.74, 6) is 0. The lowest BCUT2D eigenvalue weighted by Crippen LogP contribution is -1.79. The monoisotopic (exact) mass is 230 g/mol. The maximum atomic E-state index is 5.76. The molecule has 0 unspecified atom stereocenters. The van der Waals surface area contributed by atoms with Crippen LogP contribution in [0.25, 0.3) is 5.65 Å². The van der Waals surface area contributed by atoms with Crippen molar-refractivity contribution in [2.75, 3.05) is 0 Å². The van der Waals surface area contributed by atoms with Gasteiger partial charge in [0.15, 0.2) is 0 Å². The lowest BCUT2D eigenvalue weighted by Gasteiger charge is -1.91. The number of fused-ring (bicyclic) bond motifs is 1. The molecule has 2 aromatic rings. The van der Waals surface area contributed by atoms with Crippen molar-refractivity contribution in [3.05, 3.63) is 34.2 Å². The minimum atomic E-state index is 0.711. The number of halogens is 2. The maximum absolute atomic E-state index is 5.76. The van der Waals surface area contributed by atoms with E-state index in [0.29, 0.717) is 5.02 Å². The molecule has 0 aromatic carbocycles. The van der Waals surface area contributed by atoms with Gasteiger partial charge in [0.05, 0.1) is 5.02 Å².